The van der Waals surface area contributed by atoms with E-state index in [9.17, 15) is 0 Å². The molecule has 84 valence electrons. The van der Waals surface area contributed by atoms with E-state index in [2.05, 4.69) is 22.4 Å². The van der Waals surface area contributed by atoms with Gasteiger partial charge in [-0.15, -0.1) is 11.3 Å². The largest absolute Gasteiger partial charge is 0.278 e. The van der Waals surface area contributed by atoms with Crippen LogP contribution in [0.5, 0.6) is 0 Å². The molecule has 0 amide bonds. The predicted octanol–water partition coefficient (Wildman–Crippen LogP) is 3.59. The first kappa shape index (κ1) is 11.4. The fourth-order valence-corrected chi connectivity index (χ4v) is 1.76. The van der Waals surface area contributed by atoms with Gasteiger partial charge in [-0.3, -0.25) is 5.43 Å². The maximum absolute atomic E-state index is 4.19. The topological polar surface area (TPSA) is 24.4 Å². The summed E-state index contributed by atoms with van der Waals surface area (Å²) in [5, 5.41) is 6.20. The van der Waals surface area contributed by atoms with Gasteiger partial charge in [-0.25, -0.2) is 0 Å². The van der Waals surface area contributed by atoms with Crippen molar-refractivity contribution >= 4 is 22.7 Å². The third kappa shape index (κ3) is 3.78. The van der Waals surface area contributed by atoms with Gasteiger partial charge >= 0.3 is 0 Å². The summed E-state index contributed by atoms with van der Waals surface area (Å²) in [6, 6.07) is 13.8. The smallest absolute Gasteiger partial charge is 0.107 e. The van der Waals surface area contributed by atoms with Crippen molar-refractivity contribution in [3.8, 4) is 11.8 Å². The molecule has 2 aromatic rings. The molecule has 1 aromatic carbocycles. The summed E-state index contributed by atoms with van der Waals surface area (Å²) < 4.78 is 0. The highest BCUT2D eigenvalue weighted by atomic mass is 32.1. The van der Waals surface area contributed by atoms with Gasteiger partial charge < -0.3 is 0 Å². The maximum Gasteiger partial charge on any atom is 0.107 e. The first-order chi connectivity index (χ1) is 8.34. The molecule has 0 radical (unpaired) electrons. The molecule has 0 aliphatic carbocycles. The average Bonchev–Trinajstić information content (AvgIpc) is 2.88. The second-order valence-corrected chi connectivity index (χ2v) is 4.35. The van der Waals surface area contributed by atoms with E-state index in [1.54, 1.807) is 11.3 Å². The van der Waals surface area contributed by atoms with Crippen LogP contribution in [0.3, 0.4) is 0 Å². The van der Waals surface area contributed by atoms with Gasteiger partial charge in [-0.1, -0.05) is 24.3 Å². The van der Waals surface area contributed by atoms with E-state index in [0.717, 1.165) is 16.3 Å². The van der Waals surface area contributed by atoms with Crippen LogP contribution in [-0.4, -0.2) is 5.71 Å². The normalized spacial score (nSPS) is 10.5. The highest BCUT2D eigenvalue weighted by Crippen LogP contribution is 2.06. The van der Waals surface area contributed by atoms with Crippen LogP contribution in [-0.2, 0) is 0 Å². The lowest BCUT2D eigenvalue weighted by Crippen LogP contribution is -1.94. The van der Waals surface area contributed by atoms with Gasteiger partial charge in [0, 0.05) is 0 Å². The molecule has 0 saturated carbocycles. The summed E-state index contributed by atoms with van der Waals surface area (Å²) in [5.74, 6) is 6.06. The third-order valence-electron chi connectivity index (χ3n) is 2.01. The molecule has 0 saturated heterocycles. The first-order valence-electron chi connectivity index (χ1n) is 5.25. The number of rotatable bonds is 2. The van der Waals surface area contributed by atoms with Gasteiger partial charge in [-0.05, 0) is 42.3 Å². The van der Waals surface area contributed by atoms with Crippen LogP contribution in [0, 0.1) is 11.8 Å². The highest BCUT2D eigenvalue weighted by Gasteiger charge is 1.88. The van der Waals surface area contributed by atoms with Crippen molar-refractivity contribution in [1.82, 2.24) is 0 Å². The van der Waals surface area contributed by atoms with Crippen LogP contribution in [0.1, 0.15) is 11.8 Å². The van der Waals surface area contributed by atoms with E-state index >= 15 is 0 Å². The fraction of sp³-hybridized carbons (Fsp3) is 0.0714. The summed E-state index contributed by atoms with van der Waals surface area (Å²) in [5.41, 5.74) is 4.69. The van der Waals surface area contributed by atoms with Crippen molar-refractivity contribution in [3.63, 3.8) is 0 Å². The Morgan fingerprint density at radius 3 is 2.71 bits per heavy atom. The molecule has 0 bridgehead atoms. The molecule has 17 heavy (non-hydrogen) atoms. The van der Waals surface area contributed by atoms with E-state index in [1.807, 2.05) is 54.8 Å². The van der Waals surface area contributed by atoms with Gasteiger partial charge in [0.1, 0.15) is 5.71 Å². The predicted molar refractivity (Wildman–Crippen MR) is 74.4 cm³/mol. The van der Waals surface area contributed by atoms with Crippen LogP contribution < -0.4 is 5.43 Å². The van der Waals surface area contributed by atoms with Crippen LogP contribution >= 0.6 is 11.3 Å². The maximum atomic E-state index is 4.19. The summed E-state index contributed by atoms with van der Waals surface area (Å²) >= 11 is 1.63. The lowest BCUT2D eigenvalue weighted by atomic mass is 10.3. The zero-order valence-electron chi connectivity index (χ0n) is 9.47. The lowest BCUT2D eigenvalue weighted by Gasteiger charge is -1.98. The molecule has 2 nitrogen and oxygen atoms in total. The molecule has 1 aromatic heterocycles. The second kappa shape index (κ2) is 5.88. The van der Waals surface area contributed by atoms with Crippen molar-refractivity contribution in [2.24, 2.45) is 5.10 Å². The molecule has 3 heteroatoms. The molecule has 1 N–H and O–H groups in total. The molecule has 0 spiro atoms. The monoisotopic (exact) mass is 240 g/mol. The number of hydrogen-bond acceptors (Lipinski definition) is 3. The van der Waals surface area contributed by atoms with E-state index < -0.39 is 0 Å². The molecule has 1 heterocycles. The Hall–Kier alpha value is -2.05. The molecule has 0 atom stereocenters. The minimum absolute atomic E-state index is 0.766. The molecule has 0 aliphatic rings. The number of para-hydroxylation sites is 1. The Bertz CT molecular complexity index is 545. The summed E-state index contributed by atoms with van der Waals surface area (Å²) in [4.78, 5) is 1.05. The Morgan fingerprint density at radius 2 is 2.00 bits per heavy atom. The molecule has 0 fully saturated rings. The van der Waals surface area contributed by atoms with E-state index in [-0.39, 0.29) is 0 Å². The minimum atomic E-state index is 0.766. The molecular formula is C14H12N2S. The number of benzene rings is 1. The Labute approximate surface area is 105 Å². The average molecular weight is 240 g/mol. The van der Waals surface area contributed by atoms with E-state index in [0.29, 0.717) is 0 Å². The lowest BCUT2D eigenvalue weighted by molar-refractivity contribution is 1.33. The quantitative estimate of drug-likeness (QED) is 0.484. The van der Waals surface area contributed by atoms with E-state index in [1.165, 1.54) is 0 Å². The Balaban J connectivity index is 1.98. The zero-order valence-corrected chi connectivity index (χ0v) is 10.3. The van der Waals surface area contributed by atoms with Gasteiger partial charge in [-0.2, -0.15) is 5.10 Å². The molecular weight excluding hydrogens is 228 g/mol. The van der Waals surface area contributed by atoms with Crippen LogP contribution in [0.15, 0.2) is 52.9 Å². The minimum Gasteiger partial charge on any atom is -0.278 e. The van der Waals surface area contributed by atoms with Crippen LogP contribution in [0.4, 0.5) is 5.69 Å². The number of nitrogens with zero attached hydrogens (tertiary/aromatic N) is 1. The molecule has 2 rings (SSSR count). The standard InChI is InChI=1S/C14H12N2S/c1-12(9-10-14-8-5-11-17-14)15-16-13-6-3-2-4-7-13/h2-8,11,16H,1H3/b15-12-. The summed E-state index contributed by atoms with van der Waals surface area (Å²) in [7, 11) is 0. The number of anilines is 1. The van der Waals surface area contributed by atoms with Crippen LogP contribution in [0.2, 0.25) is 0 Å². The third-order valence-corrected chi connectivity index (χ3v) is 2.80. The van der Waals surface area contributed by atoms with Gasteiger partial charge in [0.25, 0.3) is 0 Å². The number of hydrogen-bond donors (Lipinski definition) is 1. The molecule has 0 aliphatic heterocycles. The van der Waals surface area contributed by atoms with Crippen molar-refractivity contribution in [1.29, 1.82) is 0 Å². The molecule has 0 unspecified atom stereocenters. The van der Waals surface area contributed by atoms with Gasteiger partial charge in [0.2, 0.25) is 0 Å². The zero-order chi connectivity index (χ0) is 11.9. The SMILES string of the molecule is C/C(C#Cc1cccs1)=N/Nc1ccccc1. The first-order valence-corrected chi connectivity index (χ1v) is 6.13. The second-order valence-electron chi connectivity index (χ2n) is 3.40. The van der Waals surface area contributed by atoms with Crippen molar-refractivity contribution in [2.75, 3.05) is 5.43 Å². The number of nitrogens with one attached hydrogen (secondary N) is 1. The van der Waals surface area contributed by atoms with Gasteiger partial charge in [0.15, 0.2) is 0 Å². The highest BCUT2D eigenvalue weighted by molar-refractivity contribution is 7.10. The van der Waals surface area contributed by atoms with Crippen molar-refractivity contribution in [2.45, 2.75) is 6.92 Å². The van der Waals surface area contributed by atoms with Gasteiger partial charge in [0.05, 0.1) is 10.6 Å². The number of thiophene rings is 1. The fourth-order valence-electron chi connectivity index (χ4n) is 1.19. The Kier molecular flexibility index (Phi) is 3.95. The summed E-state index contributed by atoms with van der Waals surface area (Å²) in [6.07, 6.45) is 0. The summed E-state index contributed by atoms with van der Waals surface area (Å²) in [6.45, 7) is 1.89. The number of hydrazone groups is 1. The van der Waals surface area contributed by atoms with Crippen molar-refractivity contribution < 1.29 is 0 Å². The van der Waals surface area contributed by atoms with Crippen molar-refractivity contribution in [3.05, 3.63) is 52.7 Å². The Morgan fingerprint density at radius 1 is 1.18 bits per heavy atom. The van der Waals surface area contributed by atoms with Crippen LogP contribution in [0.25, 0.3) is 0 Å². The van der Waals surface area contributed by atoms with E-state index in [4.69, 9.17) is 0 Å².